The molecule has 6 heteroatoms. The van der Waals surface area contributed by atoms with Gasteiger partial charge in [0.1, 0.15) is 0 Å². The van der Waals surface area contributed by atoms with Crippen LogP contribution in [0.2, 0.25) is 0 Å². The molecule has 0 aromatic heterocycles. The van der Waals surface area contributed by atoms with Crippen LogP contribution in [0.4, 0.5) is 5.69 Å². The summed E-state index contributed by atoms with van der Waals surface area (Å²) in [7, 11) is 0. The standard InChI is InChI=1S/C13H20N2O4/c1-3-12(14-13(2,8-16)9-17)10-5-4-6-11(7-10)15(18)19/h4-7,12,14,16-17H,3,8-9H2,1-2H3. The van der Waals surface area contributed by atoms with Crippen molar-refractivity contribution in [3.63, 3.8) is 0 Å². The van der Waals surface area contributed by atoms with Crippen molar-refractivity contribution in [1.29, 1.82) is 0 Å². The summed E-state index contributed by atoms with van der Waals surface area (Å²) in [5.41, 5.74) is -0.0112. The summed E-state index contributed by atoms with van der Waals surface area (Å²) < 4.78 is 0. The van der Waals surface area contributed by atoms with Gasteiger partial charge in [-0.3, -0.25) is 10.1 Å². The molecule has 19 heavy (non-hydrogen) atoms. The Hall–Kier alpha value is -1.50. The van der Waals surface area contributed by atoms with Gasteiger partial charge in [0, 0.05) is 18.2 Å². The van der Waals surface area contributed by atoms with Gasteiger partial charge in [0.15, 0.2) is 0 Å². The molecule has 0 aliphatic rings. The van der Waals surface area contributed by atoms with Gasteiger partial charge in [0.25, 0.3) is 5.69 Å². The number of nitrogens with one attached hydrogen (secondary N) is 1. The fourth-order valence-corrected chi connectivity index (χ4v) is 1.84. The number of nitrogens with zero attached hydrogens (tertiary/aromatic N) is 1. The zero-order valence-electron chi connectivity index (χ0n) is 11.2. The number of aliphatic hydroxyl groups is 2. The molecule has 0 aliphatic heterocycles. The van der Waals surface area contributed by atoms with Crippen LogP contribution < -0.4 is 5.32 Å². The number of rotatable bonds is 7. The van der Waals surface area contributed by atoms with E-state index in [9.17, 15) is 20.3 Å². The van der Waals surface area contributed by atoms with E-state index in [0.717, 1.165) is 5.56 Å². The molecule has 0 spiro atoms. The molecule has 106 valence electrons. The van der Waals surface area contributed by atoms with E-state index >= 15 is 0 Å². The molecule has 6 nitrogen and oxygen atoms in total. The first-order valence-electron chi connectivity index (χ1n) is 6.19. The second kappa shape index (κ2) is 6.60. The minimum atomic E-state index is -0.814. The zero-order valence-corrected chi connectivity index (χ0v) is 11.2. The third kappa shape index (κ3) is 3.99. The molecule has 0 saturated carbocycles. The molecule has 1 aromatic rings. The summed E-state index contributed by atoms with van der Waals surface area (Å²) in [5.74, 6) is 0. The second-order valence-electron chi connectivity index (χ2n) is 4.83. The molecular formula is C13H20N2O4. The van der Waals surface area contributed by atoms with Crippen molar-refractivity contribution in [3.8, 4) is 0 Å². The Labute approximate surface area is 112 Å². The van der Waals surface area contributed by atoms with Crippen LogP contribution in [0.3, 0.4) is 0 Å². The third-order valence-corrected chi connectivity index (χ3v) is 3.11. The van der Waals surface area contributed by atoms with E-state index in [1.54, 1.807) is 19.1 Å². The topological polar surface area (TPSA) is 95.6 Å². The normalized spacial score (nSPS) is 13.3. The number of nitro groups is 1. The van der Waals surface area contributed by atoms with Gasteiger partial charge in [-0.15, -0.1) is 0 Å². The fraction of sp³-hybridized carbons (Fsp3) is 0.538. The maximum Gasteiger partial charge on any atom is 0.269 e. The van der Waals surface area contributed by atoms with Gasteiger partial charge in [0.05, 0.1) is 23.7 Å². The van der Waals surface area contributed by atoms with Crippen molar-refractivity contribution in [3.05, 3.63) is 39.9 Å². The molecule has 0 aliphatic carbocycles. The summed E-state index contributed by atoms with van der Waals surface area (Å²) in [6, 6.07) is 6.21. The summed E-state index contributed by atoms with van der Waals surface area (Å²) in [6.45, 7) is 3.21. The summed E-state index contributed by atoms with van der Waals surface area (Å²) in [6.07, 6.45) is 0.691. The number of nitro benzene ring substituents is 1. The smallest absolute Gasteiger partial charge is 0.269 e. The van der Waals surface area contributed by atoms with Crippen molar-refractivity contribution in [2.45, 2.75) is 31.8 Å². The first-order valence-corrected chi connectivity index (χ1v) is 6.19. The van der Waals surface area contributed by atoms with Crippen LogP contribution >= 0.6 is 0 Å². The Morgan fingerprint density at radius 2 is 2.05 bits per heavy atom. The Kier molecular flexibility index (Phi) is 5.41. The van der Waals surface area contributed by atoms with Crippen LogP contribution in [-0.4, -0.2) is 33.9 Å². The molecule has 1 unspecified atom stereocenters. The highest BCUT2D eigenvalue weighted by atomic mass is 16.6. The van der Waals surface area contributed by atoms with Crippen LogP contribution in [-0.2, 0) is 0 Å². The number of non-ortho nitro benzene ring substituents is 1. The monoisotopic (exact) mass is 268 g/mol. The van der Waals surface area contributed by atoms with Crippen molar-refractivity contribution in [2.24, 2.45) is 0 Å². The minimum absolute atomic E-state index is 0.0347. The molecule has 1 rings (SSSR count). The van der Waals surface area contributed by atoms with Gasteiger partial charge in [-0.05, 0) is 18.9 Å². The Morgan fingerprint density at radius 3 is 2.53 bits per heavy atom. The van der Waals surface area contributed by atoms with Gasteiger partial charge in [-0.2, -0.15) is 0 Å². The Bertz CT molecular complexity index is 432. The van der Waals surface area contributed by atoms with E-state index in [4.69, 9.17) is 0 Å². The average molecular weight is 268 g/mol. The van der Waals surface area contributed by atoms with Gasteiger partial charge in [0.2, 0.25) is 0 Å². The van der Waals surface area contributed by atoms with E-state index in [0.29, 0.717) is 6.42 Å². The van der Waals surface area contributed by atoms with Crippen LogP contribution in [0.5, 0.6) is 0 Å². The highest BCUT2D eigenvalue weighted by molar-refractivity contribution is 5.35. The quantitative estimate of drug-likeness (QED) is 0.513. The molecule has 0 heterocycles. The fourth-order valence-electron chi connectivity index (χ4n) is 1.84. The highest BCUT2D eigenvalue weighted by Gasteiger charge is 2.26. The molecular weight excluding hydrogens is 248 g/mol. The van der Waals surface area contributed by atoms with Crippen molar-refractivity contribution in [2.75, 3.05) is 13.2 Å². The molecule has 1 atom stereocenters. The maximum atomic E-state index is 10.8. The van der Waals surface area contributed by atoms with Crippen LogP contribution in [0.15, 0.2) is 24.3 Å². The zero-order chi connectivity index (χ0) is 14.5. The first-order chi connectivity index (χ1) is 8.95. The lowest BCUT2D eigenvalue weighted by Crippen LogP contribution is -2.50. The Morgan fingerprint density at radius 1 is 1.42 bits per heavy atom. The molecule has 1 aromatic carbocycles. The highest BCUT2D eigenvalue weighted by Crippen LogP contribution is 2.23. The maximum absolute atomic E-state index is 10.8. The second-order valence-corrected chi connectivity index (χ2v) is 4.83. The van der Waals surface area contributed by atoms with Gasteiger partial charge in [-0.1, -0.05) is 19.1 Å². The van der Waals surface area contributed by atoms with E-state index in [2.05, 4.69) is 5.32 Å². The molecule has 0 fully saturated rings. The van der Waals surface area contributed by atoms with Crippen molar-refractivity contribution >= 4 is 5.69 Å². The third-order valence-electron chi connectivity index (χ3n) is 3.11. The lowest BCUT2D eigenvalue weighted by atomic mass is 9.98. The molecule has 0 radical (unpaired) electrons. The van der Waals surface area contributed by atoms with E-state index in [1.807, 2.05) is 6.92 Å². The SMILES string of the molecule is CCC(NC(C)(CO)CO)c1cccc([N+](=O)[O-])c1. The largest absolute Gasteiger partial charge is 0.394 e. The predicted octanol–water partition coefficient (Wildman–Crippen LogP) is 1.38. The molecule has 0 bridgehead atoms. The first kappa shape index (κ1) is 15.6. The summed E-state index contributed by atoms with van der Waals surface area (Å²) in [5, 5.41) is 32.5. The molecule has 0 amide bonds. The van der Waals surface area contributed by atoms with E-state index in [1.165, 1.54) is 12.1 Å². The van der Waals surface area contributed by atoms with Gasteiger partial charge < -0.3 is 15.5 Å². The van der Waals surface area contributed by atoms with E-state index < -0.39 is 10.5 Å². The van der Waals surface area contributed by atoms with Crippen molar-refractivity contribution < 1.29 is 15.1 Å². The minimum Gasteiger partial charge on any atom is -0.394 e. The van der Waals surface area contributed by atoms with E-state index in [-0.39, 0.29) is 24.9 Å². The van der Waals surface area contributed by atoms with Gasteiger partial charge in [-0.25, -0.2) is 0 Å². The summed E-state index contributed by atoms with van der Waals surface area (Å²) in [4.78, 5) is 10.3. The lowest BCUT2D eigenvalue weighted by Gasteiger charge is -2.31. The number of hydrogen-bond donors (Lipinski definition) is 3. The number of benzene rings is 1. The lowest BCUT2D eigenvalue weighted by molar-refractivity contribution is -0.384. The average Bonchev–Trinajstić information content (AvgIpc) is 2.44. The van der Waals surface area contributed by atoms with Crippen LogP contribution in [0, 0.1) is 10.1 Å². The number of hydrogen-bond acceptors (Lipinski definition) is 5. The predicted molar refractivity (Wildman–Crippen MR) is 71.8 cm³/mol. The van der Waals surface area contributed by atoms with Gasteiger partial charge >= 0.3 is 0 Å². The van der Waals surface area contributed by atoms with Crippen LogP contribution in [0.25, 0.3) is 0 Å². The van der Waals surface area contributed by atoms with Crippen LogP contribution in [0.1, 0.15) is 31.9 Å². The van der Waals surface area contributed by atoms with Crippen molar-refractivity contribution in [1.82, 2.24) is 5.32 Å². The number of aliphatic hydroxyl groups excluding tert-OH is 2. The molecule has 0 saturated heterocycles. The molecule has 3 N–H and O–H groups in total. The Balaban J connectivity index is 2.97. The summed E-state index contributed by atoms with van der Waals surface area (Å²) >= 11 is 0.